The first-order valence-corrected chi connectivity index (χ1v) is 6.10. The summed E-state index contributed by atoms with van der Waals surface area (Å²) in [7, 11) is 0. The number of nitrogen functional groups attached to an aromatic ring is 1. The molecular weight excluding hydrogens is 240 g/mol. The molecule has 2 aromatic carbocycles. The van der Waals surface area contributed by atoms with Gasteiger partial charge in [0.1, 0.15) is 5.75 Å². The van der Waals surface area contributed by atoms with Gasteiger partial charge in [-0.1, -0.05) is 24.3 Å². The van der Waals surface area contributed by atoms with Gasteiger partial charge < -0.3 is 15.4 Å². The Kier molecular flexibility index (Phi) is 2.83. The second kappa shape index (κ2) is 4.65. The lowest BCUT2D eigenvalue weighted by atomic mass is 10.1. The molecule has 2 aromatic rings. The number of hydrogen-bond donors (Lipinski definition) is 1. The highest BCUT2D eigenvalue weighted by atomic mass is 16.5. The van der Waals surface area contributed by atoms with Crippen LogP contribution in [0.2, 0.25) is 0 Å². The molecule has 0 bridgehead atoms. The topological polar surface area (TPSA) is 55.6 Å². The van der Waals surface area contributed by atoms with Crippen molar-refractivity contribution in [2.75, 3.05) is 17.2 Å². The molecule has 0 atom stereocenters. The van der Waals surface area contributed by atoms with Crippen LogP contribution in [0.15, 0.2) is 48.5 Å². The minimum absolute atomic E-state index is 0.0319. The molecule has 0 aromatic heterocycles. The molecule has 4 nitrogen and oxygen atoms in total. The number of nitrogens with zero attached hydrogens (tertiary/aromatic N) is 1. The Morgan fingerprint density at radius 3 is 2.63 bits per heavy atom. The van der Waals surface area contributed by atoms with Gasteiger partial charge in [-0.15, -0.1) is 0 Å². The Morgan fingerprint density at radius 2 is 1.84 bits per heavy atom. The monoisotopic (exact) mass is 254 g/mol. The molecule has 1 aliphatic rings. The molecule has 0 aliphatic carbocycles. The molecule has 0 spiro atoms. The van der Waals surface area contributed by atoms with Crippen LogP contribution in [0.5, 0.6) is 5.75 Å². The van der Waals surface area contributed by atoms with Crippen molar-refractivity contribution in [2.45, 2.75) is 6.54 Å². The predicted octanol–water partition coefficient (Wildman–Crippen LogP) is 2.19. The lowest BCUT2D eigenvalue weighted by molar-refractivity contribution is -0.121. The Hall–Kier alpha value is -2.49. The summed E-state index contributed by atoms with van der Waals surface area (Å²) in [5.74, 6) is 0.716. The number of carbonyl (C=O) groups is 1. The minimum Gasteiger partial charge on any atom is -0.482 e. The SMILES string of the molecule is Nc1ccc(CN2C(=O)COc3ccccc32)cc1. The quantitative estimate of drug-likeness (QED) is 0.836. The van der Waals surface area contributed by atoms with Gasteiger partial charge in [-0.25, -0.2) is 0 Å². The van der Waals surface area contributed by atoms with Gasteiger partial charge in [0.25, 0.3) is 5.91 Å². The van der Waals surface area contributed by atoms with E-state index in [0.29, 0.717) is 6.54 Å². The van der Waals surface area contributed by atoms with E-state index in [4.69, 9.17) is 10.5 Å². The maximum atomic E-state index is 12.0. The summed E-state index contributed by atoms with van der Waals surface area (Å²) in [6, 6.07) is 15.1. The summed E-state index contributed by atoms with van der Waals surface area (Å²) in [4.78, 5) is 13.7. The van der Waals surface area contributed by atoms with Crippen LogP contribution in [0.3, 0.4) is 0 Å². The largest absolute Gasteiger partial charge is 0.482 e. The number of fused-ring (bicyclic) bond motifs is 1. The number of nitrogens with two attached hydrogens (primary N) is 1. The highest BCUT2D eigenvalue weighted by Crippen LogP contribution is 2.32. The van der Waals surface area contributed by atoms with E-state index < -0.39 is 0 Å². The summed E-state index contributed by atoms with van der Waals surface area (Å²) < 4.78 is 5.41. The van der Waals surface area contributed by atoms with E-state index in [1.54, 1.807) is 4.90 Å². The molecule has 4 heteroatoms. The molecule has 0 saturated heterocycles. The first-order valence-electron chi connectivity index (χ1n) is 6.10. The second-order valence-corrected chi connectivity index (χ2v) is 4.48. The van der Waals surface area contributed by atoms with Crippen molar-refractivity contribution in [3.8, 4) is 5.75 Å². The number of rotatable bonds is 2. The second-order valence-electron chi connectivity index (χ2n) is 4.48. The Labute approximate surface area is 111 Å². The molecule has 1 aliphatic heterocycles. The number of ether oxygens (including phenoxy) is 1. The zero-order valence-corrected chi connectivity index (χ0v) is 10.4. The third-order valence-corrected chi connectivity index (χ3v) is 3.13. The third-order valence-electron chi connectivity index (χ3n) is 3.13. The van der Waals surface area contributed by atoms with Crippen LogP contribution in [-0.4, -0.2) is 12.5 Å². The maximum Gasteiger partial charge on any atom is 0.265 e. The lowest BCUT2D eigenvalue weighted by Gasteiger charge is -2.29. The number of hydrogen-bond acceptors (Lipinski definition) is 3. The number of anilines is 2. The average molecular weight is 254 g/mol. The minimum atomic E-state index is -0.0319. The van der Waals surface area contributed by atoms with Gasteiger partial charge >= 0.3 is 0 Å². The molecule has 0 radical (unpaired) electrons. The Bertz CT molecular complexity index is 608. The van der Waals surface area contributed by atoms with Crippen LogP contribution in [0, 0.1) is 0 Å². The number of carbonyl (C=O) groups excluding carboxylic acids is 1. The van der Waals surface area contributed by atoms with Gasteiger partial charge in [0, 0.05) is 5.69 Å². The molecule has 3 rings (SSSR count). The van der Waals surface area contributed by atoms with E-state index in [2.05, 4.69) is 0 Å². The fourth-order valence-electron chi connectivity index (χ4n) is 2.13. The Balaban J connectivity index is 1.91. The van der Waals surface area contributed by atoms with Gasteiger partial charge in [-0.3, -0.25) is 4.79 Å². The molecule has 1 heterocycles. The van der Waals surface area contributed by atoms with Gasteiger partial charge in [-0.05, 0) is 29.8 Å². The maximum absolute atomic E-state index is 12.0. The van der Waals surface area contributed by atoms with Crippen LogP contribution >= 0.6 is 0 Å². The van der Waals surface area contributed by atoms with E-state index in [1.807, 2.05) is 48.5 Å². The smallest absolute Gasteiger partial charge is 0.265 e. The fraction of sp³-hybridized carbons (Fsp3) is 0.133. The van der Waals surface area contributed by atoms with Gasteiger partial charge in [-0.2, -0.15) is 0 Å². The van der Waals surface area contributed by atoms with Crippen molar-refractivity contribution in [1.29, 1.82) is 0 Å². The van der Waals surface area contributed by atoms with E-state index in [1.165, 1.54) is 0 Å². The fourth-order valence-corrected chi connectivity index (χ4v) is 2.13. The standard InChI is InChI=1S/C15H14N2O2/c16-12-7-5-11(6-8-12)9-17-13-3-1-2-4-14(13)19-10-15(17)18/h1-8H,9-10,16H2. The van der Waals surface area contributed by atoms with Crippen molar-refractivity contribution in [1.82, 2.24) is 0 Å². The van der Waals surface area contributed by atoms with Gasteiger partial charge in [0.2, 0.25) is 0 Å². The van der Waals surface area contributed by atoms with E-state index in [0.717, 1.165) is 22.7 Å². The number of amides is 1. The van der Waals surface area contributed by atoms with Crippen LogP contribution in [0.25, 0.3) is 0 Å². The van der Waals surface area contributed by atoms with Crippen LogP contribution in [0.4, 0.5) is 11.4 Å². The highest BCUT2D eigenvalue weighted by Gasteiger charge is 2.24. The molecule has 0 fully saturated rings. The van der Waals surface area contributed by atoms with Crippen molar-refractivity contribution in [2.24, 2.45) is 0 Å². The first kappa shape index (κ1) is 11.6. The molecule has 96 valence electrons. The molecule has 0 saturated carbocycles. The number of para-hydroxylation sites is 2. The Morgan fingerprint density at radius 1 is 1.11 bits per heavy atom. The van der Waals surface area contributed by atoms with E-state index in [-0.39, 0.29) is 12.5 Å². The van der Waals surface area contributed by atoms with Crippen molar-refractivity contribution >= 4 is 17.3 Å². The number of benzene rings is 2. The van der Waals surface area contributed by atoms with Gasteiger partial charge in [0.05, 0.1) is 12.2 Å². The molecule has 2 N–H and O–H groups in total. The van der Waals surface area contributed by atoms with Crippen molar-refractivity contribution in [3.63, 3.8) is 0 Å². The lowest BCUT2D eigenvalue weighted by Crippen LogP contribution is -2.38. The summed E-state index contributed by atoms with van der Waals surface area (Å²) in [5, 5.41) is 0. The third kappa shape index (κ3) is 2.25. The molecule has 1 amide bonds. The normalized spacial score (nSPS) is 13.9. The average Bonchev–Trinajstić information content (AvgIpc) is 2.44. The summed E-state index contributed by atoms with van der Waals surface area (Å²) in [5.41, 5.74) is 8.24. The molecule has 19 heavy (non-hydrogen) atoms. The predicted molar refractivity (Wildman–Crippen MR) is 74.0 cm³/mol. The summed E-state index contributed by atoms with van der Waals surface area (Å²) in [6.45, 7) is 0.617. The molecular formula is C15H14N2O2. The zero-order valence-electron chi connectivity index (χ0n) is 10.4. The van der Waals surface area contributed by atoms with Crippen molar-refractivity contribution < 1.29 is 9.53 Å². The van der Waals surface area contributed by atoms with Crippen LogP contribution < -0.4 is 15.4 Å². The van der Waals surface area contributed by atoms with Crippen molar-refractivity contribution in [3.05, 3.63) is 54.1 Å². The van der Waals surface area contributed by atoms with Crippen LogP contribution in [-0.2, 0) is 11.3 Å². The first-order chi connectivity index (χ1) is 9.24. The van der Waals surface area contributed by atoms with Gasteiger partial charge in [0.15, 0.2) is 6.61 Å². The van der Waals surface area contributed by atoms with Crippen LogP contribution in [0.1, 0.15) is 5.56 Å². The zero-order chi connectivity index (χ0) is 13.2. The van der Waals surface area contributed by atoms with E-state index >= 15 is 0 Å². The molecule has 0 unspecified atom stereocenters. The van der Waals surface area contributed by atoms with E-state index in [9.17, 15) is 4.79 Å². The summed E-state index contributed by atoms with van der Waals surface area (Å²) in [6.07, 6.45) is 0. The highest BCUT2D eigenvalue weighted by molar-refractivity contribution is 5.97. The summed E-state index contributed by atoms with van der Waals surface area (Å²) >= 11 is 0.